The SMILES string of the molecule is CC(=O)NC(COc1cccc(O)c1)C(=O)O. The Morgan fingerprint density at radius 3 is 2.71 bits per heavy atom. The number of aromatic hydroxyl groups is 1. The molecule has 0 radical (unpaired) electrons. The number of carboxylic acids is 1. The first kappa shape index (κ1) is 12.8. The number of phenolic OH excluding ortho intramolecular Hbond substituents is 1. The van der Waals surface area contributed by atoms with Crippen LogP contribution in [0.3, 0.4) is 0 Å². The zero-order valence-electron chi connectivity index (χ0n) is 9.21. The van der Waals surface area contributed by atoms with E-state index in [1.54, 1.807) is 12.1 Å². The molecule has 1 atom stereocenters. The number of hydrogen-bond acceptors (Lipinski definition) is 4. The molecular weight excluding hydrogens is 226 g/mol. The van der Waals surface area contributed by atoms with Crippen LogP contribution in [0.25, 0.3) is 0 Å². The number of amides is 1. The first-order valence-corrected chi connectivity index (χ1v) is 4.91. The third-order valence-electron chi connectivity index (χ3n) is 1.91. The fourth-order valence-electron chi connectivity index (χ4n) is 1.17. The topological polar surface area (TPSA) is 95.9 Å². The van der Waals surface area contributed by atoms with Gasteiger partial charge in [0.25, 0.3) is 0 Å². The van der Waals surface area contributed by atoms with Crippen molar-refractivity contribution in [2.45, 2.75) is 13.0 Å². The van der Waals surface area contributed by atoms with E-state index in [0.29, 0.717) is 5.75 Å². The van der Waals surface area contributed by atoms with Crippen molar-refractivity contribution in [2.75, 3.05) is 6.61 Å². The first-order valence-electron chi connectivity index (χ1n) is 4.91. The molecule has 0 aliphatic heterocycles. The fraction of sp³-hybridized carbons (Fsp3) is 0.273. The van der Waals surface area contributed by atoms with Crippen molar-refractivity contribution < 1.29 is 24.5 Å². The minimum absolute atomic E-state index is 0.0221. The molecule has 0 saturated heterocycles. The second-order valence-electron chi connectivity index (χ2n) is 3.40. The molecule has 0 saturated carbocycles. The smallest absolute Gasteiger partial charge is 0.329 e. The van der Waals surface area contributed by atoms with E-state index in [4.69, 9.17) is 14.9 Å². The number of phenols is 1. The molecule has 92 valence electrons. The second-order valence-corrected chi connectivity index (χ2v) is 3.40. The molecule has 1 unspecified atom stereocenters. The quantitative estimate of drug-likeness (QED) is 0.689. The van der Waals surface area contributed by atoms with Crippen molar-refractivity contribution in [3.05, 3.63) is 24.3 Å². The maximum absolute atomic E-state index is 10.8. The van der Waals surface area contributed by atoms with E-state index < -0.39 is 17.9 Å². The Hall–Kier alpha value is -2.24. The molecule has 17 heavy (non-hydrogen) atoms. The molecule has 6 nitrogen and oxygen atoms in total. The standard InChI is InChI=1S/C11H13NO5/c1-7(13)12-10(11(15)16)6-17-9-4-2-3-8(14)5-9/h2-5,10,14H,6H2,1H3,(H,12,13)(H,15,16). The van der Waals surface area contributed by atoms with Gasteiger partial charge in [-0.25, -0.2) is 4.79 Å². The Balaban J connectivity index is 2.57. The van der Waals surface area contributed by atoms with Gasteiger partial charge in [0, 0.05) is 13.0 Å². The summed E-state index contributed by atoms with van der Waals surface area (Å²) in [6.45, 7) is 1.02. The number of benzene rings is 1. The highest BCUT2D eigenvalue weighted by molar-refractivity contribution is 5.82. The summed E-state index contributed by atoms with van der Waals surface area (Å²) in [4.78, 5) is 21.5. The van der Waals surface area contributed by atoms with E-state index in [1.165, 1.54) is 19.1 Å². The van der Waals surface area contributed by atoms with Gasteiger partial charge in [0.05, 0.1) is 0 Å². The Bertz CT molecular complexity index is 418. The number of nitrogens with one attached hydrogen (secondary N) is 1. The van der Waals surface area contributed by atoms with Crippen LogP contribution in [0.15, 0.2) is 24.3 Å². The molecule has 0 fully saturated rings. The predicted molar refractivity (Wildman–Crippen MR) is 58.8 cm³/mol. The summed E-state index contributed by atoms with van der Waals surface area (Å²) in [5.41, 5.74) is 0. The van der Waals surface area contributed by atoms with E-state index >= 15 is 0 Å². The molecule has 0 spiro atoms. The van der Waals surface area contributed by atoms with E-state index in [9.17, 15) is 9.59 Å². The van der Waals surface area contributed by atoms with Gasteiger partial charge in [-0.1, -0.05) is 6.07 Å². The molecule has 0 aliphatic rings. The third kappa shape index (κ3) is 4.42. The highest BCUT2D eigenvalue weighted by atomic mass is 16.5. The maximum Gasteiger partial charge on any atom is 0.329 e. The lowest BCUT2D eigenvalue weighted by molar-refractivity contribution is -0.142. The van der Waals surface area contributed by atoms with Crippen molar-refractivity contribution >= 4 is 11.9 Å². The van der Waals surface area contributed by atoms with Crippen LogP contribution < -0.4 is 10.1 Å². The summed E-state index contributed by atoms with van der Waals surface area (Å²) in [5, 5.41) is 20.2. The molecule has 6 heteroatoms. The van der Waals surface area contributed by atoms with Crippen LogP contribution >= 0.6 is 0 Å². The summed E-state index contributed by atoms with van der Waals surface area (Å²) in [5.74, 6) is -1.27. The third-order valence-corrected chi connectivity index (χ3v) is 1.91. The molecule has 3 N–H and O–H groups in total. The van der Waals surface area contributed by atoms with Crippen LogP contribution in [-0.2, 0) is 9.59 Å². The zero-order valence-corrected chi connectivity index (χ0v) is 9.21. The predicted octanol–water partition coefficient (Wildman–Crippen LogP) is 0.360. The molecule has 0 bridgehead atoms. The fourth-order valence-corrected chi connectivity index (χ4v) is 1.17. The highest BCUT2D eigenvalue weighted by Gasteiger charge is 2.19. The Kier molecular flexibility index (Phi) is 4.33. The van der Waals surface area contributed by atoms with Crippen LogP contribution in [-0.4, -0.2) is 34.7 Å². The van der Waals surface area contributed by atoms with Gasteiger partial charge in [0.2, 0.25) is 5.91 Å². The average molecular weight is 239 g/mol. The zero-order chi connectivity index (χ0) is 12.8. The minimum Gasteiger partial charge on any atom is -0.508 e. The molecular formula is C11H13NO5. The lowest BCUT2D eigenvalue weighted by atomic mass is 10.3. The van der Waals surface area contributed by atoms with Gasteiger partial charge in [-0.05, 0) is 12.1 Å². The van der Waals surface area contributed by atoms with E-state index in [0.717, 1.165) is 0 Å². The van der Waals surface area contributed by atoms with Crippen LogP contribution in [0.1, 0.15) is 6.92 Å². The van der Waals surface area contributed by atoms with Gasteiger partial charge >= 0.3 is 5.97 Å². The number of hydrogen-bond donors (Lipinski definition) is 3. The van der Waals surface area contributed by atoms with Crippen molar-refractivity contribution in [1.82, 2.24) is 5.32 Å². The number of carbonyl (C=O) groups is 2. The van der Waals surface area contributed by atoms with Crippen LogP contribution in [0.4, 0.5) is 0 Å². The summed E-state index contributed by atoms with van der Waals surface area (Å²) in [7, 11) is 0. The molecule has 0 aromatic heterocycles. The van der Waals surface area contributed by atoms with E-state index in [2.05, 4.69) is 5.32 Å². The Labute approximate surface area is 97.8 Å². The van der Waals surface area contributed by atoms with Crippen LogP contribution in [0, 0.1) is 0 Å². The minimum atomic E-state index is -1.18. The summed E-state index contributed by atoms with van der Waals surface area (Å²) in [6, 6.07) is 4.85. The van der Waals surface area contributed by atoms with Gasteiger partial charge in [0.15, 0.2) is 6.04 Å². The number of aliphatic carboxylic acids is 1. The lowest BCUT2D eigenvalue weighted by Crippen LogP contribution is -2.43. The molecule has 1 rings (SSSR count). The average Bonchev–Trinajstić information content (AvgIpc) is 2.23. The maximum atomic E-state index is 10.8. The molecule has 0 aliphatic carbocycles. The highest BCUT2D eigenvalue weighted by Crippen LogP contribution is 2.17. The van der Waals surface area contributed by atoms with E-state index in [-0.39, 0.29) is 12.4 Å². The molecule has 1 amide bonds. The number of carbonyl (C=O) groups excluding carboxylic acids is 1. The molecule has 0 heterocycles. The Morgan fingerprint density at radius 2 is 2.18 bits per heavy atom. The summed E-state index contributed by atoms with van der Waals surface area (Å²) < 4.78 is 5.16. The van der Waals surface area contributed by atoms with Gasteiger partial charge in [0.1, 0.15) is 18.1 Å². The summed E-state index contributed by atoms with van der Waals surface area (Å²) >= 11 is 0. The molecule has 1 aromatic rings. The number of carboxylic acid groups (broad SMARTS) is 1. The first-order chi connectivity index (χ1) is 7.99. The second kappa shape index (κ2) is 5.74. The van der Waals surface area contributed by atoms with Crippen molar-refractivity contribution in [3.63, 3.8) is 0 Å². The largest absolute Gasteiger partial charge is 0.508 e. The van der Waals surface area contributed by atoms with Crippen LogP contribution in [0.5, 0.6) is 11.5 Å². The number of rotatable bonds is 5. The van der Waals surface area contributed by atoms with Crippen molar-refractivity contribution in [1.29, 1.82) is 0 Å². The van der Waals surface area contributed by atoms with Gasteiger partial charge in [-0.2, -0.15) is 0 Å². The monoisotopic (exact) mass is 239 g/mol. The van der Waals surface area contributed by atoms with Crippen molar-refractivity contribution in [2.24, 2.45) is 0 Å². The normalized spacial score (nSPS) is 11.6. The van der Waals surface area contributed by atoms with Crippen molar-refractivity contribution in [3.8, 4) is 11.5 Å². The van der Waals surface area contributed by atoms with Crippen LogP contribution in [0.2, 0.25) is 0 Å². The summed E-state index contributed by atoms with van der Waals surface area (Å²) in [6.07, 6.45) is 0. The Morgan fingerprint density at radius 1 is 1.47 bits per heavy atom. The molecule has 1 aromatic carbocycles. The van der Waals surface area contributed by atoms with Gasteiger partial charge in [-0.15, -0.1) is 0 Å². The van der Waals surface area contributed by atoms with Gasteiger partial charge < -0.3 is 20.3 Å². The van der Waals surface area contributed by atoms with E-state index in [1.807, 2.05) is 0 Å². The lowest BCUT2D eigenvalue weighted by Gasteiger charge is -2.14. The van der Waals surface area contributed by atoms with Gasteiger partial charge in [-0.3, -0.25) is 4.79 Å². The number of ether oxygens (including phenoxy) is 1.